The molecule has 0 saturated carbocycles. The Morgan fingerprint density at radius 3 is 2.29 bits per heavy atom. The van der Waals surface area contributed by atoms with Crippen molar-refractivity contribution in [1.29, 1.82) is 0 Å². The molecular formula is C20H20FN3O4. The van der Waals surface area contributed by atoms with E-state index in [4.69, 9.17) is 5.11 Å². The molecule has 1 heterocycles. The van der Waals surface area contributed by atoms with E-state index in [2.05, 4.69) is 10.6 Å². The summed E-state index contributed by atoms with van der Waals surface area (Å²) in [5.74, 6) is -1.68. The van der Waals surface area contributed by atoms with Gasteiger partial charge in [0.1, 0.15) is 5.82 Å². The second-order valence-corrected chi connectivity index (χ2v) is 6.56. The number of nitrogens with one attached hydrogen (secondary N) is 2. The maximum atomic E-state index is 12.9. The molecule has 0 atom stereocenters. The summed E-state index contributed by atoms with van der Waals surface area (Å²) in [4.78, 5) is 37.3. The van der Waals surface area contributed by atoms with Crippen LogP contribution in [0.2, 0.25) is 0 Å². The number of carboxylic acids is 1. The van der Waals surface area contributed by atoms with Crippen LogP contribution in [0.4, 0.5) is 14.9 Å². The van der Waals surface area contributed by atoms with Gasteiger partial charge < -0.3 is 20.6 Å². The molecule has 0 aromatic heterocycles. The summed E-state index contributed by atoms with van der Waals surface area (Å²) < 4.78 is 12.9. The highest BCUT2D eigenvalue weighted by Gasteiger charge is 2.25. The highest BCUT2D eigenvalue weighted by atomic mass is 19.1. The van der Waals surface area contributed by atoms with Gasteiger partial charge in [-0.25, -0.2) is 14.0 Å². The number of amides is 3. The zero-order chi connectivity index (χ0) is 20.1. The molecule has 28 heavy (non-hydrogen) atoms. The highest BCUT2D eigenvalue weighted by molar-refractivity contribution is 5.97. The molecule has 0 aliphatic carbocycles. The molecule has 0 radical (unpaired) electrons. The number of nitrogens with zero attached hydrogens (tertiary/aromatic N) is 1. The van der Waals surface area contributed by atoms with Crippen molar-refractivity contribution < 1.29 is 23.9 Å². The second kappa shape index (κ2) is 8.51. The molecule has 8 heteroatoms. The van der Waals surface area contributed by atoms with Gasteiger partial charge in [-0.05, 0) is 55.3 Å². The summed E-state index contributed by atoms with van der Waals surface area (Å²) in [7, 11) is 0. The standard InChI is InChI=1S/C20H20FN3O4/c21-15-4-6-16(7-5-15)22-20(28)23-17-8-10-24(11-9-17)18(25)13-2-1-3-14(12-13)19(26)27/h1-7,12,17H,8-11H2,(H,26,27)(H2,22,23,28). The molecule has 2 aromatic carbocycles. The van der Waals surface area contributed by atoms with Gasteiger partial charge in [0.25, 0.3) is 5.91 Å². The number of rotatable bonds is 4. The van der Waals surface area contributed by atoms with Crippen LogP contribution in [0.5, 0.6) is 0 Å². The predicted molar refractivity (Wildman–Crippen MR) is 101 cm³/mol. The Morgan fingerprint density at radius 2 is 1.64 bits per heavy atom. The normalized spacial score (nSPS) is 14.4. The van der Waals surface area contributed by atoms with E-state index in [-0.39, 0.29) is 29.4 Å². The number of hydrogen-bond acceptors (Lipinski definition) is 3. The predicted octanol–water partition coefficient (Wildman–Crippen LogP) is 2.95. The summed E-state index contributed by atoms with van der Waals surface area (Å²) >= 11 is 0. The van der Waals surface area contributed by atoms with Crippen LogP contribution in [0.1, 0.15) is 33.6 Å². The van der Waals surface area contributed by atoms with Crippen molar-refractivity contribution in [3.8, 4) is 0 Å². The number of aromatic carboxylic acids is 1. The van der Waals surface area contributed by atoms with Crippen LogP contribution in [0.25, 0.3) is 0 Å². The maximum absolute atomic E-state index is 12.9. The summed E-state index contributed by atoms with van der Waals surface area (Å²) in [5.41, 5.74) is 0.894. The van der Waals surface area contributed by atoms with Gasteiger partial charge in [0.15, 0.2) is 0 Å². The van der Waals surface area contributed by atoms with Crippen LogP contribution in [0, 0.1) is 5.82 Å². The molecule has 1 fully saturated rings. The smallest absolute Gasteiger partial charge is 0.335 e. The number of hydrogen-bond donors (Lipinski definition) is 3. The molecule has 1 saturated heterocycles. The van der Waals surface area contributed by atoms with Gasteiger partial charge in [-0.3, -0.25) is 4.79 Å². The van der Waals surface area contributed by atoms with Gasteiger partial charge >= 0.3 is 12.0 Å². The molecule has 146 valence electrons. The highest BCUT2D eigenvalue weighted by Crippen LogP contribution is 2.16. The van der Waals surface area contributed by atoms with Gasteiger partial charge in [-0.1, -0.05) is 6.07 Å². The van der Waals surface area contributed by atoms with Gasteiger partial charge in [0.05, 0.1) is 5.56 Å². The molecule has 0 unspecified atom stereocenters. The largest absolute Gasteiger partial charge is 0.478 e. The Hall–Kier alpha value is -3.42. The molecule has 1 aliphatic heterocycles. The van der Waals surface area contributed by atoms with Crippen molar-refractivity contribution >= 4 is 23.6 Å². The third kappa shape index (κ3) is 4.85. The van der Waals surface area contributed by atoms with Crippen LogP contribution in [-0.4, -0.2) is 47.0 Å². The quantitative estimate of drug-likeness (QED) is 0.754. The van der Waals surface area contributed by atoms with E-state index in [1.165, 1.54) is 36.4 Å². The second-order valence-electron chi connectivity index (χ2n) is 6.56. The van der Waals surface area contributed by atoms with Crippen molar-refractivity contribution in [2.45, 2.75) is 18.9 Å². The Balaban J connectivity index is 1.50. The minimum Gasteiger partial charge on any atom is -0.478 e. The summed E-state index contributed by atoms with van der Waals surface area (Å²) in [5, 5.41) is 14.5. The Labute approximate surface area is 161 Å². The average Bonchev–Trinajstić information content (AvgIpc) is 2.70. The van der Waals surface area contributed by atoms with Crippen LogP contribution < -0.4 is 10.6 Å². The number of anilines is 1. The fourth-order valence-corrected chi connectivity index (χ4v) is 3.08. The third-order valence-electron chi connectivity index (χ3n) is 4.58. The first kappa shape index (κ1) is 19.3. The first-order chi connectivity index (χ1) is 13.4. The number of halogens is 1. The van der Waals surface area contributed by atoms with Crippen molar-refractivity contribution in [2.75, 3.05) is 18.4 Å². The lowest BCUT2D eigenvalue weighted by molar-refractivity contribution is 0.0697. The Bertz CT molecular complexity index is 877. The minimum atomic E-state index is -1.08. The lowest BCUT2D eigenvalue weighted by Gasteiger charge is -2.32. The van der Waals surface area contributed by atoms with E-state index in [9.17, 15) is 18.8 Å². The van der Waals surface area contributed by atoms with Crippen LogP contribution in [0.3, 0.4) is 0 Å². The lowest BCUT2D eigenvalue weighted by atomic mass is 10.0. The monoisotopic (exact) mass is 385 g/mol. The molecule has 3 amide bonds. The average molecular weight is 385 g/mol. The number of carbonyl (C=O) groups excluding carboxylic acids is 2. The van der Waals surface area contributed by atoms with Crippen LogP contribution >= 0.6 is 0 Å². The summed E-state index contributed by atoms with van der Waals surface area (Å²) in [6, 6.07) is 10.9. The van der Waals surface area contributed by atoms with Crippen LogP contribution in [-0.2, 0) is 0 Å². The van der Waals surface area contributed by atoms with Crippen molar-refractivity contribution in [2.24, 2.45) is 0 Å². The molecule has 0 bridgehead atoms. The number of carbonyl (C=O) groups is 3. The van der Waals surface area contributed by atoms with E-state index < -0.39 is 5.97 Å². The first-order valence-corrected chi connectivity index (χ1v) is 8.88. The minimum absolute atomic E-state index is 0.0693. The molecular weight excluding hydrogens is 365 g/mol. The summed E-state index contributed by atoms with van der Waals surface area (Å²) in [6.45, 7) is 0.912. The van der Waals surface area contributed by atoms with Gasteiger partial charge in [0, 0.05) is 30.4 Å². The zero-order valence-electron chi connectivity index (χ0n) is 15.0. The molecule has 3 rings (SSSR count). The topological polar surface area (TPSA) is 98.7 Å². The maximum Gasteiger partial charge on any atom is 0.335 e. The molecule has 1 aliphatic rings. The van der Waals surface area contributed by atoms with Gasteiger partial charge in [-0.15, -0.1) is 0 Å². The zero-order valence-corrected chi connectivity index (χ0v) is 15.0. The van der Waals surface area contributed by atoms with Crippen molar-refractivity contribution in [1.82, 2.24) is 10.2 Å². The summed E-state index contributed by atoms with van der Waals surface area (Å²) in [6.07, 6.45) is 1.17. The van der Waals surface area contributed by atoms with E-state index >= 15 is 0 Å². The number of piperidine rings is 1. The first-order valence-electron chi connectivity index (χ1n) is 8.88. The number of benzene rings is 2. The van der Waals surface area contributed by atoms with Gasteiger partial charge in [-0.2, -0.15) is 0 Å². The lowest BCUT2D eigenvalue weighted by Crippen LogP contribution is -2.47. The van der Waals surface area contributed by atoms with Crippen LogP contribution in [0.15, 0.2) is 48.5 Å². The van der Waals surface area contributed by atoms with E-state index in [1.807, 2.05) is 0 Å². The van der Waals surface area contributed by atoms with Crippen molar-refractivity contribution in [3.05, 3.63) is 65.5 Å². The van der Waals surface area contributed by atoms with Gasteiger partial charge in [0.2, 0.25) is 0 Å². The number of likely N-dealkylation sites (tertiary alicyclic amines) is 1. The van der Waals surface area contributed by atoms with E-state index in [1.54, 1.807) is 17.0 Å². The van der Waals surface area contributed by atoms with E-state index in [0.29, 0.717) is 37.2 Å². The third-order valence-corrected chi connectivity index (χ3v) is 4.58. The van der Waals surface area contributed by atoms with Crippen molar-refractivity contribution in [3.63, 3.8) is 0 Å². The molecule has 7 nitrogen and oxygen atoms in total. The number of carboxylic acid groups (broad SMARTS) is 1. The Kier molecular flexibility index (Phi) is 5.88. The molecule has 2 aromatic rings. The fraction of sp³-hybridized carbons (Fsp3) is 0.250. The molecule has 0 spiro atoms. The Morgan fingerprint density at radius 1 is 1.00 bits per heavy atom. The van der Waals surface area contributed by atoms with E-state index in [0.717, 1.165) is 0 Å². The fourth-order valence-electron chi connectivity index (χ4n) is 3.08. The number of urea groups is 1. The SMILES string of the molecule is O=C(Nc1ccc(F)cc1)NC1CCN(C(=O)c2cccc(C(=O)O)c2)CC1. The molecule has 3 N–H and O–H groups in total.